The number of thioether (sulfide) groups is 1. The number of alkyl carbamates (subject to hydrolysis) is 1. The molecule has 1 rings (SSSR count). The minimum Gasteiger partial charge on any atom is -0.444 e. The second-order valence-electron chi connectivity index (χ2n) is 5.27. The van der Waals surface area contributed by atoms with Gasteiger partial charge in [-0.25, -0.2) is 4.79 Å². The number of amides is 1. The van der Waals surface area contributed by atoms with Crippen LogP contribution in [0.3, 0.4) is 0 Å². The third-order valence-electron chi connectivity index (χ3n) is 2.28. The smallest absolute Gasteiger partial charge is 0.407 e. The summed E-state index contributed by atoms with van der Waals surface area (Å²) in [5.41, 5.74) is 6.77. The summed E-state index contributed by atoms with van der Waals surface area (Å²) in [6, 6.07) is 5.37. The van der Waals surface area contributed by atoms with Gasteiger partial charge >= 0.3 is 6.09 Å². The molecule has 0 fully saturated rings. The Hall–Kier alpha value is -2.13. The Kier molecular flexibility index (Phi) is 6.12. The lowest BCUT2D eigenvalue weighted by molar-refractivity contribution is 0.0534. The Bertz CT molecular complexity index is 571. The van der Waals surface area contributed by atoms with Gasteiger partial charge in [0.15, 0.2) is 0 Å². The molecule has 0 unspecified atom stereocenters. The highest BCUT2D eigenvalue weighted by Gasteiger charge is 2.14. The third-order valence-corrected chi connectivity index (χ3v) is 2.86. The van der Waals surface area contributed by atoms with Gasteiger partial charge in [-0.2, -0.15) is 5.26 Å². The number of hydrogen-bond donors (Lipinski definition) is 2. The second-order valence-corrected chi connectivity index (χ2v) is 6.13. The van der Waals surface area contributed by atoms with Crippen LogP contribution in [0.25, 0.3) is 6.08 Å². The van der Waals surface area contributed by atoms with Crippen molar-refractivity contribution in [3.8, 4) is 5.40 Å². The highest BCUT2D eigenvalue weighted by Crippen LogP contribution is 2.23. The summed E-state index contributed by atoms with van der Waals surface area (Å²) in [6.45, 7) is 5.76. The van der Waals surface area contributed by atoms with E-state index in [0.717, 1.165) is 22.2 Å². The lowest BCUT2D eigenvalue weighted by Gasteiger charge is -2.19. The molecule has 0 aliphatic heterocycles. The summed E-state index contributed by atoms with van der Waals surface area (Å²) in [6.07, 6.45) is 3.11. The number of nitriles is 1. The molecule has 0 saturated heterocycles. The van der Waals surface area contributed by atoms with E-state index < -0.39 is 11.7 Å². The average Bonchev–Trinajstić information content (AvgIpc) is 2.36. The summed E-state index contributed by atoms with van der Waals surface area (Å²) >= 11 is 1.07. The van der Waals surface area contributed by atoms with E-state index in [-0.39, 0.29) is 0 Å². The molecule has 0 spiro atoms. The maximum Gasteiger partial charge on any atom is 0.407 e. The topological polar surface area (TPSA) is 88.1 Å². The van der Waals surface area contributed by atoms with Crippen molar-refractivity contribution in [3.63, 3.8) is 0 Å². The van der Waals surface area contributed by atoms with Crippen molar-refractivity contribution >= 4 is 29.6 Å². The molecule has 1 amide bonds. The predicted octanol–water partition coefficient (Wildman–Crippen LogP) is 3.38. The van der Waals surface area contributed by atoms with E-state index in [1.54, 1.807) is 24.3 Å². The van der Waals surface area contributed by atoms with Crippen molar-refractivity contribution in [1.29, 1.82) is 5.26 Å². The van der Waals surface area contributed by atoms with Gasteiger partial charge in [0, 0.05) is 17.1 Å². The number of carbonyl (C=O) groups is 1. The van der Waals surface area contributed by atoms with Crippen molar-refractivity contribution in [3.05, 3.63) is 29.8 Å². The van der Waals surface area contributed by atoms with Crippen LogP contribution in [0, 0.1) is 10.7 Å². The molecule has 3 N–H and O–H groups in total. The van der Waals surface area contributed by atoms with E-state index in [1.165, 1.54) is 0 Å². The molecule has 0 bridgehead atoms. The van der Waals surface area contributed by atoms with Crippen molar-refractivity contribution < 1.29 is 9.53 Å². The zero-order valence-electron chi connectivity index (χ0n) is 12.3. The van der Waals surface area contributed by atoms with Crippen molar-refractivity contribution in [2.75, 3.05) is 12.3 Å². The number of nitrogens with two attached hydrogens (primary N) is 1. The first-order chi connectivity index (χ1) is 9.81. The van der Waals surface area contributed by atoms with E-state index in [1.807, 2.05) is 32.2 Å². The number of carbonyl (C=O) groups excluding carboxylic acids is 1. The standard InChI is InChI=1S/C15H19N3O2S/c1-15(2,3)20-14(19)18-8-4-5-11-9-12(21-10-16)6-7-13(11)17/h4-7,9H,8,17H2,1-3H3,(H,18,19). The van der Waals surface area contributed by atoms with Gasteiger partial charge in [0.25, 0.3) is 0 Å². The predicted molar refractivity (Wildman–Crippen MR) is 85.6 cm³/mol. The van der Waals surface area contributed by atoms with Crippen LogP contribution >= 0.6 is 11.8 Å². The Morgan fingerprint density at radius 3 is 2.86 bits per heavy atom. The third kappa shape index (κ3) is 6.72. The maximum atomic E-state index is 11.4. The molecule has 1 aromatic carbocycles. The largest absolute Gasteiger partial charge is 0.444 e. The number of anilines is 1. The van der Waals surface area contributed by atoms with Gasteiger partial charge in [-0.1, -0.05) is 12.2 Å². The molecule has 0 radical (unpaired) electrons. The monoisotopic (exact) mass is 305 g/mol. The van der Waals surface area contributed by atoms with Crippen LogP contribution in [-0.4, -0.2) is 18.2 Å². The van der Waals surface area contributed by atoms with Crippen molar-refractivity contribution in [2.24, 2.45) is 0 Å². The molecular weight excluding hydrogens is 286 g/mol. The number of thiocyanates is 1. The summed E-state index contributed by atoms with van der Waals surface area (Å²) in [4.78, 5) is 12.3. The van der Waals surface area contributed by atoms with Crippen LogP contribution in [0.1, 0.15) is 26.3 Å². The number of rotatable bonds is 4. The van der Waals surface area contributed by atoms with E-state index in [2.05, 4.69) is 5.32 Å². The number of nitrogens with zero attached hydrogens (tertiary/aromatic N) is 1. The number of nitrogen functional groups attached to an aromatic ring is 1. The fourth-order valence-corrected chi connectivity index (χ4v) is 1.88. The van der Waals surface area contributed by atoms with Crippen LogP contribution in [0.4, 0.5) is 10.5 Å². The summed E-state index contributed by atoms with van der Waals surface area (Å²) in [7, 11) is 0. The lowest BCUT2D eigenvalue weighted by Crippen LogP contribution is -2.32. The van der Waals surface area contributed by atoms with Gasteiger partial charge in [0.1, 0.15) is 11.0 Å². The molecule has 1 aromatic rings. The Balaban J connectivity index is 2.56. The number of benzene rings is 1. The molecule has 0 atom stereocenters. The quantitative estimate of drug-likeness (QED) is 0.506. The molecule has 0 saturated carbocycles. The summed E-state index contributed by atoms with van der Waals surface area (Å²) in [5, 5.41) is 13.3. The number of ether oxygens (including phenoxy) is 1. The van der Waals surface area contributed by atoms with E-state index in [4.69, 9.17) is 15.7 Å². The first kappa shape index (κ1) is 16.9. The molecular formula is C15H19N3O2S. The minimum atomic E-state index is -0.513. The van der Waals surface area contributed by atoms with Crippen LogP contribution in [0.5, 0.6) is 0 Å². The highest BCUT2D eigenvalue weighted by molar-refractivity contribution is 8.03. The van der Waals surface area contributed by atoms with Crippen molar-refractivity contribution in [1.82, 2.24) is 5.32 Å². The minimum absolute atomic E-state index is 0.337. The lowest BCUT2D eigenvalue weighted by atomic mass is 10.1. The van der Waals surface area contributed by atoms with Crippen molar-refractivity contribution in [2.45, 2.75) is 31.3 Å². The van der Waals surface area contributed by atoms with Crippen LogP contribution in [0.15, 0.2) is 29.2 Å². The highest BCUT2D eigenvalue weighted by atomic mass is 32.2. The van der Waals surface area contributed by atoms with Gasteiger partial charge < -0.3 is 15.8 Å². The zero-order chi connectivity index (χ0) is 15.9. The molecule has 0 aliphatic carbocycles. The van der Waals surface area contributed by atoms with Gasteiger partial charge in [-0.05, 0) is 56.3 Å². The molecule has 0 aromatic heterocycles. The molecule has 5 nitrogen and oxygen atoms in total. The molecule has 21 heavy (non-hydrogen) atoms. The normalized spacial score (nSPS) is 11.1. The van der Waals surface area contributed by atoms with Gasteiger partial charge in [-0.15, -0.1) is 0 Å². The summed E-state index contributed by atoms with van der Waals surface area (Å²) in [5.74, 6) is 0. The molecule has 112 valence electrons. The maximum absolute atomic E-state index is 11.4. The first-order valence-corrected chi connectivity index (χ1v) is 7.22. The van der Waals surface area contributed by atoms with Crippen LogP contribution in [0.2, 0.25) is 0 Å². The Morgan fingerprint density at radius 2 is 2.24 bits per heavy atom. The fourth-order valence-electron chi connectivity index (χ4n) is 1.46. The Morgan fingerprint density at radius 1 is 1.52 bits per heavy atom. The van der Waals surface area contributed by atoms with E-state index in [0.29, 0.717) is 12.2 Å². The second kappa shape index (κ2) is 7.60. The SMILES string of the molecule is CC(C)(C)OC(=O)NCC=Cc1cc(SC#N)ccc1N. The van der Waals surface area contributed by atoms with E-state index >= 15 is 0 Å². The number of hydrogen-bond acceptors (Lipinski definition) is 5. The van der Waals surface area contributed by atoms with Gasteiger partial charge in [-0.3, -0.25) is 0 Å². The van der Waals surface area contributed by atoms with Gasteiger partial charge in [0.05, 0.1) is 0 Å². The zero-order valence-corrected chi connectivity index (χ0v) is 13.2. The van der Waals surface area contributed by atoms with Crippen LogP contribution < -0.4 is 11.1 Å². The number of nitrogens with one attached hydrogen (secondary N) is 1. The first-order valence-electron chi connectivity index (χ1n) is 6.40. The summed E-state index contributed by atoms with van der Waals surface area (Å²) < 4.78 is 5.12. The molecule has 0 heterocycles. The van der Waals surface area contributed by atoms with Crippen LogP contribution in [-0.2, 0) is 4.74 Å². The van der Waals surface area contributed by atoms with E-state index in [9.17, 15) is 4.79 Å². The Labute approximate surface area is 129 Å². The molecule has 6 heteroatoms. The fraction of sp³-hybridized carbons (Fsp3) is 0.333. The average molecular weight is 305 g/mol. The van der Waals surface area contributed by atoms with Gasteiger partial charge in [0.2, 0.25) is 0 Å². The molecule has 0 aliphatic rings.